The lowest BCUT2D eigenvalue weighted by Crippen LogP contribution is -2.48. The fourth-order valence-corrected chi connectivity index (χ4v) is 3.11. The Hall–Kier alpha value is -0.640. The third-order valence-electron chi connectivity index (χ3n) is 4.04. The molecule has 1 heterocycles. The van der Waals surface area contributed by atoms with Crippen molar-refractivity contribution in [2.45, 2.75) is 39.3 Å². The molecule has 1 N–H and O–H groups in total. The van der Waals surface area contributed by atoms with Crippen LogP contribution in [0.25, 0.3) is 0 Å². The Morgan fingerprint density at radius 1 is 1.45 bits per heavy atom. The van der Waals surface area contributed by atoms with Crippen molar-refractivity contribution in [2.75, 3.05) is 19.6 Å². The van der Waals surface area contributed by atoms with Gasteiger partial charge < -0.3 is 5.32 Å². The summed E-state index contributed by atoms with van der Waals surface area (Å²) in [5.74, 6) is 0.303. The van der Waals surface area contributed by atoms with Crippen molar-refractivity contribution in [2.24, 2.45) is 5.92 Å². The Morgan fingerprint density at radius 3 is 2.90 bits per heavy atom. The molecule has 2 nitrogen and oxygen atoms in total. The maximum absolute atomic E-state index is 13.2. The van der Waals surface area contributed by atoms with E-state index in [1.165, 1.54) is 18.9 Å². The molecule has 20 heavy (non-hydrogen) atoms. The molecule has 0 saturated carbocycles. The van der Waals surface area contributed by atoms with Crippen LogP contribution in [0.5, 0.6) is 0 Å². The topological polar surface area (TPSA) is 15.3 Å². The largest absolute Gasteiger partial charge is 0.314 e. The highest BCUT2D eigenvalue weighted by molar-refractivity contribution is 6.30. The zero-order valence-corrected chi connectivity index (χ0v) is 13.1. The number of likely N-dealkylation sites (tertiary alicyclic amines) is 1. The van der Waals surface area contributed by atoms with Crippen molar-refractivity contribution in [3.05, 3.63) is 34.6 Å². The summed E-state index contributed by atoms with van der Waals surface area (Å²) in [6.45, 7) is 8.62. The molecule has 1 aliphatic heterocycles. The first-order valence-corrected chi connectivity index (χ1v) is 7.87. The molecule has 2 rings (SSSR count). The van der Waals surface area contributed by atoms with Crippen LogP contribution in [0.15, 0.2) is 18.2 Å². The normalized spacial score (nSPS) is 24.0. The number of benzene rings is 1. The highest BCUT2D eigenvalue weighted by atomic mass is 35.5. The number of halogens is 2. The average Bonchev–Trinajstić information content (AvgIpc) is 2.42. The molecule has 112 valence electrons. The molecule has 0 bridgehead atoms. The zero-order valence-electron chi connectivity index (χ0n) is 12.3. The lowest BCUT2D eigenvalue weighted by atomic mass is 9.93. The standard InChI is InChI=1S/C16H24ClFN2/c1-3-7-19-16-6-8-20(10-12(16)2)11-13-4-5-15(18)14(17)9-13/h4-5,9,12,16,19H,3,6-8,10-11H2,1-2H3. The van der Waals surface area contributed by atoms with Crippen LogP contribution < -0.4 is 5.32 Å². The number of rotatable bonds is 5. The molecule has 0 radical (unpaired) electrons. The summed E-state index contributed by atoms with van der Waals surface area (Å²) < 4.78 is 13.2. The summed E-state index contributed by atoms with van der Waals surface area (Å²) in [6.07, 6.45) is 2.36. The SMILES string of the molecule is CCCNC1CCN(Cc2ccc(F)c(Cl)c2)CC1C. The second-order valence-electron chi connectivity index (χ2n) is 5.81. The minimum Gasteiger partial charge on any atom is -0.314 e. The van der Waals surface area contributed by atoms with Crippen LogP contribution in [0.2, 0.25) is 5.02 Å². The molecule has 1 aromatic carbocycles. The quantitative estimate of drug-likeness (QED) is 0.892. The van der Waals surface area contributed by atoms with Crippen molar-refractivity contribution in [1.82, 2.24) is 10.2 Å². The number of nitrogens with one attached hydrogen (secondary N) is 1. The Kier molecular flexibility index (Phi) is 5.82. The van der Waals surface area contributed by atoms with Crippen molar-refractivity contribution >= 4 is 11.6 Å². The van der Waals surface area contributed by atoms with Gasteiger partial charge in [0.05, 0.1) is 5.02 Å². The molecular formula is C16H24ClFN2. The molecule has 2 unspecified atom stereocenters. The summed E-state index contributed by atoms with van der Waals surface area (Å²) in [6, 6.07) is 5.65. The van der Waals surface area contributed by atoms with Crippen LogP contribution >= 0.6 is 11.6 Å². The second kappa shape index (κ2) is 7.39. The number of hydrogen-bond donors (Lipinski definition) is 1. The molecular weight excluding hydrogens is 275 g/mol. The smallest absolute Gasteiger partial charge is 0.141 e. The van der Waals surface area contributed by atoms with Crippen LogP contribution in [0.1, 0.15) is 32.3 Å². The molecule has 1 fully saturated rings. The predicted octanol–water partition coefficient (Wildman–Crippen LogP) is 3.69. The molecule has 2 atom stereocenters. The van der Waals surface area contributed by atoms with Crippen molar-refractivity contribution in [1.29, 1.82) is 0 Å². The molecule has 1 aromatic rings. The maximum Gasteiger partial charge on any atom is 0.141 e. The van der Waals surface area contributed by atoms with E-state index in [2.05, 4.69) is 24.1 Å². The summed E-state index contributed by atoms with van der Waals surface area (Å²) in [4.78, 5) is 2.43. The van der Waals surface area contributed by atoms with Gasteiger partial charge in [0, 0.05) is 19.1 Å². The van der Waals surface area contributed by atoms with Gasteiger partial charge >= 0.3 is 0 Å². The van der Waals surface area contributed by atoms with E-state index in [-0.39, 0.29) is 10.8 Å². The van der Waals surface area contributed by atoms with Crippen molar-refractivity contribution in [3.8, 4) is 0 Å². The van der Waals surface area contributed by atoms with E-state index in [1.807, 2.05) is 6.07 Å². The van der Waals surface area contributed by atoms with Gasteiger partial charge in [0.1, 0.15) is 5.82 Å². The van der Waals surface area contributed by atoms with Gasteiger partial charge in [-0.3, -0.25) is 4.90 Å². The van der Waals surface area contributed by atoms with Crippen LogP contribution in [0, 0.1) is 11.7 Å². The first-order valence-electron chi connectivity index (χ1n) is 7.49. The Labute approximate surface area is 126 Å². The summed E-state index contributed by atoms with van der Waals surface area (Å²) in [5.41, 5.74) is 1.09. The minimum absolute atomic E-state index is 0.218. The van der Waals surface area contributed by atoms with Gasteiger partial charge in [0.2, 0.25) is 0 Å². The molecule has 0 aromatic heterocycles. The highest BCUT2D eigenvalue weighted by Crippen LogP contribution is 2.21. The first kappa shape index (κ1) is 15.7. The molecule has 0 spiro atoms. The van der Waals surface area contributed by atoms with Crippen LogP contribution in [-0.2, 0) is 6.54 Å². The lowest BCUT2D eigenvalue weighted by Gasteiger charge is -2.37. The van der Waals surface area contributed by atoms with E-state index < -0.39 is 0 Å². The molecule has 1 aliphatic rings. The third-order valence-corrected chi connectivity index (χ3v) is 4.33. The third kappa shape index (κ3) is 4.18. The molecule has 4 heteroatoms. The summed E-state index contributed by atoms with van der Waals surface area (Å²) >= 11 is 5.84. The van der Waals surface area contributed by atoms with Gasteiger partial charge in [-0.2, -0.15) is 0 Å². The molecule has 0 aliphatic carbocycles. The van der Waals surface area contributed by atoms with Gasteiger partial charge in [-0.25, -0.2) is 4.39 Å². The summed E-state index contributed by atoms with van der Waals surface area (Å²) in [5, 5.41) is 3.84. The van der Waals surface area contributed by atoms with E-state index in [0.29, 0.717) is 12.0 Å². The fourth-order valence-electron chi connectivity index (χ4n) is 2.90. The highest BCUT2D eigenvalue weighted by Gasteiger charge is 2.25. The molecule has 1 saturated heterocycles. The van der Waals surface area contributed by atoms with E-state index in [9.17, 15) is 4.39 Å². The maximum atomic E-state index is 13.2. The van der Waals surface area contributed by atoms with Gasteiger partial charge in [-0.1, -0.05) is 31.5 Å². The number of nitrogens with zero attached hydrogens (tertiary/aromatic N) is 1. The van der Waals surface area contributed by atoms with Gasteiger partial charge in [0.15, 0.2) is 0 Å². The first-order chi connectivity index (χ1) is 9.60. The minimum atomic E-state index is -0.341. The predicted molar refractivity (Wildman–Crippen MR) is 82.5 cm³/mol. The van der Waals surface area contributed by atoms with Gasteiger partial charge in [-0.15, -0.1) is 0 Å². The number of hydrogen-bond acceptors (Lipinski definition) is 2. The lowest BCUT2D eigenvalue weighted by molar-refractivity contribution is 0.141. The van der Waals surface area contributed by atoms with E-state index >= 15 is 0 Å². The second-order valence-corrected chi connectivity index (χ2v) is 6.22. The monoisotopic (exact) mass is 298 g/mol. The van der Waals surface area contributed by atoms with Gasteiger partial charge in [-0.05, 0) is 49.5 Å². The van der Waals surface area contributed by atoms with E-state index in [0.717, 1.165) is 31.7 Å². The number of piperidine rings is 1. The Balaban J connectivity index is 1.87. The van der Waals surface area contributed by atoms with Crippen molar-refractivity contribution in [3.63, 3.8) is 0 Å². The van der Waals surface area contributed by atoms with Gasteiger partial charge in [0.25, 0.3) is 0 Å². The average molecular weight is 299 g/mol. The molecule has 0 amide bonds. The summed E-state index contributed by atoms with van der Waals surface area (Å²) in [7, 11) is 0. The van der Waals surface area contributed by atoms with Crippen LogP contribution in [-0.4, -0.2) is 30.6 Å². The Bertz CT molecular complexity index is 438. The van der Waals surface area contributed by atoms with Crippen LogP contribution in [0.3, 0.4) is 0 Å². The van der Waals surface area contributed by atoms with Crippen LogP contribution in [0.4, 0.5) is 4.39 Å². The zero-order chi connectivity index (χ0) is 14.5. The van der Waals surface area contributed by atoms with E-state index in [1.54, 1.807) is 6.07 Å². The fraction of sp³-hybridized carbons (Fsp3) is 0.625. The Morgan fingerprint density at radius 2 is 2.25 bits per heavy atom. The van der Waals surface area contributed by atoms with Crippen molar-refractivity contribution < 1.29 is 4.39 Å². The van der Waals surface area contributed by atoms with E-state index in [4.69, 9.17) is 11.6 Å².